The van der Waals surface area contributed by atoms with Crippen LogP contribution >= 0.6 is 0 Å². The zero-order valence-electron chi connectivity index (χ0n) is 17.3. The zero-order valence-corrected chi connectivity index (χ0v) is 17.3. The number of fused-ring (bicyclic) bond motifs is 1. The SMILES string of the molecule is COc1ccc2c(C)c(CCC(=O)N3CCN(CC(C)C)CC3)c(=O)oc2c1. The maximum absolute atomic E-state index is 12.6. The summed E-state index contributed by atoms with van der Waals surface area (Å²) in [6.45, 7) is 10.8. The molecule has 0 spiro atoms. The fourth-order valence-corrected chi connectivity index (χ4v) is 3.88. The first-order valence-corrected chi connectivity index (χ1v) is 9.99. The Morgan fingerprint density at radius 3 is 2.57 bits per heavy atom. The van der Waals surface area contributed by atoms with Crippen LogP contribution in [0.15, 0.2) is 27.4 Å². The lowest BCUT2D eigenvalue weighted by Gasteiger charge is -2.35. The molecule has 1 amide bonds. The Hall–Kier alpha value is -2.34. The van der Waals surface area contributed by atoms with E-state index in [1.54, 1.807) is 13.2 Å². The molecule has 28 heavy (non-hydrogen) atoms. The van der Waals surface area contributed by atoms with Crippen molar-refractivity contribution in [2.75, 3.05) is 39.8 Å². The molecule has 0 radical (unpaired) electrons. The summed E-state index contributed by atoms with van der Waals surface area (Å²) in [4.78, 5) is 29.4. The summed E-state index contributed by atoms with van der Waals surface area (Å²) >= 11 is 0. The number of piperazine rings is 1. The van der Waals surface area contributed by atoms with Crippen LogP contribution in [0.25, 0.3) is 11.0 Å². The standard InChI is InChI=1S/C22H30N2O4/c1-15(2)14-23-9-11-24(12-10-23)21(25)8-7-19-16(3)18-6-5-17(27-4)13-20(18)28-22(19)26/h5-6,13,15H,7-12,14H2,1-4H3. The van der Waals surface area contributed by atoms with E-state index in [-0.39, 0.29) is 11.5 Å². The second kappa shape index (κ2) is 8.78. The molecular formula is C22H30N2O4. The van der Waals surface area contributed by atoms with Gasteiger partial charge in [0.2, 0.25) is 5.91 Å². The van der Waals surface area contributed by atoms with Gasteiger partial charge < -0.3 is 14.1 Å². The van der Waals surface area contributed by atoms with Gasteiger partial charge in [-0.15, -0.1) is 0 Å². The van der Waals surface area contributed by atoms with Gasteiger partial charge in [-0.3, -0.25) is 9.69 Å². The predicted octanol–water partition coefficient (Wildman–Crippen LogP) is 2.84. The van der Waals surface area contributed by atoms with Crippen molar-refractivity contribution in [3.05, 3.63) is 39.7 Å². The molecule has 0 N–H and O–H groups in total. The molecule has 1 fully saturated rings. The molecule has 152 valence electrons. The molecule has 6 nitrogen and oxygen atoms in total. The Balaban J connectivity index is 1.65. The normalized spacial score (nSPS) is 15.4. The average Bonchev–Trinajstić information content (AvgIpc) is 2.67. The van der Waals surface area contributed by atoms with Gasteiger partial charge in [0.15, 0.2) is 0 Å². The van der Waals surface area contributed by atoms with Gasteiger partial charge in [0, 0.05) is 56.2 Å². The van der Waals surface area contributed by atoms with E-state index in [1.165, 1.54) is 0 Å². The molecule has 0 atom stereocenters. The highest BCUT2D eigenvalue weighted by Crippen LogP contribution is 2.24. The quantitative estimate of drug-likeness (QED) is 0.715. The number of benzene rings is 1. The summed E-state index contributed by atoms with van der Waals surface area (Å²) in [5.74, 6) is 1.39. The molecule has 1 aromatic heterocycles. The van der Waals surface area contributed by atoms with E-state index < -0.39 is 0 Å². The third kappa shape index (κ3) is 4.55. The van der Waals surface area contributed by atoms with Crippen molar-refractivity contribution in [2.45, 2.75) is 33.6 Å². The summed E-state index contributed by atoms with van der Waals surface area (Å²) < 4.78 is 10.7. The van der Waals surface area contributed by atoms with Gasteiger partial charge in [0.05, 0.1) is 7.11 Å². The van der Waals surface area contributed by atoms with Crippen LogP contribution in [0, 0.1) is 12.8 Å². The van der Waals surface area contributed by atoms with Crippen LogP contribution in [0.3, 0.4) is 0 Å². The van der Waals surface area contributed by atoms with E-state index in [4.69, 9.17) is 9.15 Å². The average molecular weight is 386 g/mol. The highest BCUT2D eigenvalue weighted by molar-refractivity contribution is 5.82. The van der Waals surface area contributed by atoms with Crippen molar-refractivity contribution < 1.29 is 13.9 Å². The Bertz CT molecular complexity index is 895. The summed E-state index contributed by atoms with van der Waals surface area (Å²) in [5.41, 5.74) is 1.61. The zero-order chi connectivity index (χ0) is 20.3. The van der Waals surface area contributed by atoms with Crippen molar-refractivity contribution in [1.29, 1.82) is 0 Å². The minimum absolute atomic E-state index is 0.109. The molecule has 6 heteroatoms. The topological polar surface area (TPSA) is 63.0 Å². The van der Waals surface area contributed by atoms with Crippen molar-refractivity contribution in [1.82, 2.24) is 9.80 Å². The van der Waals surface area contributed by atoms with Gasteiger partial charge in [-0.25, -0.2) is 4.79 Å². The predicted molar refractivity (Wildman–Crippen MR) is 110 cm³/mol. The van der Waals surface area contributed by atoms with Crippen LogP contribution < -0.4 is 10.4 Å². The van der Waals surface area contributed by atoms with Gasteiger partial charge in [-0.2, -0.15) is 0 Å². The van der Waals surface area contributed by atoms with E-state index in [9.17, 15) is 9.59 Å². The number of aryl methyl sites for hydroxylation is 1. The Morgan fingerprint density at radius 1 is 1.21 bits per heavy atom. The van der Waals surface area contributed by atoms with E-state index in [0.29, 0.717) is 35.7 Å². The van der Waals surface area contributed by atoms with Crippen LogP contribution in [-0.4, -0.2) is 55.5 Å². The molecule has 0 unspecified atom stereocenters. The maximum Gasteiger partial charge on any atom is 0.339 e. The first kappa shape index (κ1) is 20.4. The summed E-state index contributed by atoms with van der Waals surface area (Å²) in [6, 6.07) is 5.46. The van der Waals surface area contributed by atoms with Crippen LogP contribution in [0.2, 0.25) is 0 Å². The second-order valence-corrected chi connectivity index (χ2v) is 7.93. The molecule has 3 rings (SSSR count). The number of amides is 1. The Labute approximate surface area is 166 Å². The molecule has 1 aromatic carbocycles. The molecule has 0 bridgehead atoms. The number of ether oxygens (including phenoxy) is 1. The van der Waals surface area contributed by atoms with Gasteiger partial charge >= 0.3 is 5.63 Å². The molecular weight excluding hydrogens is 356 g/mol. The lowest BCUT2D eigenvalue weighted by Crippen LogP contribution is -2.49. The summed E-state index contributed by atoms with van der Waals surface area (Å²) in [6.07, 6.45) is 0.735. The van der Waals surface area contributed by atoms with E-state index >= 15 is 0 Å². The fraction of sp³-hybridized carbons (Fsp3) is 0.545. The van der Waals surface area contributed by atoms with Crippen molar-refractivity contribution in [3.63, 3.8) is 0 Å². The largest absolute Gasteiger partial charge is 0.497 e. The highest BCUT2D eigenvalue weighted by Gasteiger charge is 2.22. The highest BCUT2D eigenvalue weighted by atomic mass is 16.5. The number of carbonyl (C=O) groups is 1. The Morgan fingerprint density at radius 2 is 1.93 bits per heavy atom. The van der Waals surface area contributed by atoms with Crippen LogP contribution in [0.5, 0.6) is 5.75 Å². The van der Waals surface area contributed by atoms with Gasteiger partial charge in [-0.1, -0.05) is 13.8 Å². The number of methoxy groups -OCH3 is 1. The lowest BCUT2D eigenvalue weighted by atomic mass is 10.0. The van der Waals surface area contributed by atoms with Gasteiger partial charge in [0.1, 0.15) is 11.3 Å². The van der Waals surface area contributed by atoms with Crippen LogP contribution in [-0.2, 0) is 11.2 Å². The number of hydrogen-bond acceptors (Lipinski definition) is 5. The minimum atomic E-state index is -0.368. The first-order chi connectivity index (χ1) is 13.4. The third-order valence-electron chi connectivity index (χ3n) is 5.43. The van der Waals surface area contributed by atoms with Gasteiger partial charge in [0.25, 0.3) is 0 Å². The minimum Gasteiger partial charge on any atom is -0.497 e. The fourth-order valence-electron chi connectivity index (χ4n) is 3.88. The number of hydrogen-bond donors (Lipinski definition) is 0. The van der Waals surface area contributed by atoms with Crippen molar-refractivity contribution in [3.8, 4) is 5.75 Å². The molecule has 2 aromatic rings. The monoisotopic (exact) mass is 386 g/mol. The Kier molecular flexibility index (Phi) is 6.39. The molecule has 0 saturated carbocycles. The second-order valence-electron chi connectivity index (χ2n) is 7.93. The summed E-state index contributed by atoms with van der Waals surface area (Å²) in [5, 5.41) is 0.880. The van der Waals surface area contributed by atoms with Gasteiger partial charge in [-0.05, 0) is 37.0 Å². The molecule has 1 aliphatic heterocycles. The number of carbonyl (C=O) groups excluding carboxylic acids is 1. The third-order valence-corrected chi connectivity index (χ3v) is 5.43. The summed E-state index contributed by atoms with van der Waals surface area (Å²) in [7, 11) is 1.58. The molecule has 1 aliphatic rings. The number of nitrogens with zero attached hydrogens (tertiary/aromatic N) is 2. The van der Waals surface area contributed by atoms with E-state index in [0.717, 1.165) is 43.7 Å². The molecule has 1 saturated heterocycles. The van der Waals surface area contributed by atoms with E-state index in [2.05, 4.69) is 18.7 Å². The number of rotatable bonds is 6. The lowest BCUT2D eigenvalue weighted by molar-refractivity contribution is -0.132. The first-order valence-electron chi connectivity index (χ1n) is 9.99. The van der Waals surface area contributed by atoms with E-state index in [1.807, 2.05) is 24.0 Å². The molecule has 2 heterocycles. The van der Waals surface area contributed by atoms with Crippen LogP contribution in [0.4, 0.5) is 0 Å². The van der Waals surface area contributed by atoms with Crippen molar-refractivity contribution >= 4 is 16.9 Å². The molecule has 0 aliphatic carbocycles. The maximum atomic E-state index is 12.6. The smallest absolute Gasteiger partial charge is 0.339 e. The van der Waals surface area contributed by atoms with Crippen LogP contribution in [0.1, 0.15) is 31.4 Å². The van der Waals surface area contributed by atoms with Crippen molar-refractivity contribution in [2.24, 2.45) is 5.92 Å².